The number of hydrogen-bond acceptors (Lipinski definition) is 5. The molecule has 0 aliphatic heterocycles. The smallest absolute Gasteiger partial charge is 0.274 e. The topological polar surface area (TPSA) is 84.3 Å². The molecule has 0 saturated heterocycles. The third kappa shape index (κ3) is 4.51. The Morgan fingerprint density at radius 3 is 2.56 bits per heavy atom. The molecular weight excluding hydrogens is 362 g/mol. The van der Waals surface area contributed by atoms with Gasteiger partial charge < -0.3 is 10.6 Å². The first-order chi connectivity index (χ1) is 13.1. The van der Waals surface area contributed by atoms with Gasteiger partial charge in [-0.2, -0.15) is 0 Å². The third-order valence-electron chi connectivity index (χ3n) is 4.21. The number of nitrogens with zero attached hydrogens (tertiary/aromatic N) is 1. The van der Waals surface area contributed by atoms with Gasteiger partial charge in [-0.3, -0.25) is 14.9 Å². The molecule has 1 aromatic heterocycles. The molecule has 0 bridgehead atoms. The van der Waals surface area contributed by atoms with Crippen LogP contribution in [-0.2, 0) is 4.79 Å². The maximum absolute atomic E-state index is 12.5. The van der Waals surface area contributed by atoms with E-state index in [1.807, 2.05) is 47.8 Å². The van der Waals surface area contributed by atoms with E-state index in [1.54, 1.807) is 30.4 Å². The van der Waals surface area contributed by atoms with E-state index in [-0.39, 0.29) is 24.2 Å². The fourth-order valence-corrected chi connectivity index (χ4v) is 3.62. The van der Waals surface area contributed by atoms with Crippen LogP contribution in [0.15, 0.2) is 66.0 Å². The Morgan fingerprint density at radius 1 is 1.11 bits per heavy atom. The lowest BCUT2D eigenvalue weighted by Gasteiger charge is -2.19. The lowest BCUT2D eigenvalue weighted by molar-refractivity contribution is -0.385. The number of rotatable bonds is 7. The molecular formula is C20H19N3O3S. The van der Waals surface area contributed by atoms with Gasteiger partial charge in [0.05, 0.1) is 17.5 Å². The van der Waals surface area contributed by atoms with Gasteiger partial charge in [-0.1, -0.05) is 42.5 Å². The van der Waals surface area contributed by atoms with Crippen molar-refractivity contribution in [3.8, 4) is 0 Å². The number of amides is 1. The van der Waals surface area contributed by atoms with Crippen LogP contribution in [0.25, 0.3) is 0 Å². The number of nitro groups is 1. The Labute approximate surface area is 161 Å². The number of carbonyl (C=O) groups excluding carboxylic acids is 1. The molecule has 0 saturated carbocycles. The second-order valence-corrected chi connectivity index (χ2v) is 6.97. The Balaban J connectivity index is 1.71. The van der Waals surface area contributed by atoms with Gasteiger partial charge in [-0.15, -0.1) is 11.3 Å². The monoisotopic (exact) mass is 381 g/mol. The van der Waals surface area contributed by atoms with E-state index in [4.69, 9.17) is 0 Å². The molecule has 1 heterocycles. The van der Waals surface area contributed by atoms with Crippen LogP contribution in [0.1, 0.15) is 22.0 Å². The quantitative estimate of drug-likeness (QED) is 0.472. The second kappa shape index (κ2) is 8.46. The lowest BCUT2D eigenvalue weighted by Crippen LogP contribution is -2.33. The molecule has 0 unspecified atom stereocenters. The van der Waals surface area contributed by atoms with Crippen molar-refractivity contribution in [2.75, 3.05) is 11.9 Å². The van der Waals surface area contributed by atoms with Gasteiger partial charge in [0.1, 0.15) is 0 Å². The van der Waals surface area contributed by atoms with Crippen molar-refractivity contribution in [2.24, 2.45) is 0 Å². The zero-order valence-corrected chi connectivity index (χ0v) is 15.5. The Kier molecular flexibility index (Phi) is 5.83. The van der Waals surface area contributed by atoms with Crippen LogP contribution in [0.5, 0.6) is 0 Å². The first-order valence-electron chi connectivity index (χ1n) is 8.42. The van der Waals surface area contributed by atoms with Gasteiger partial charge in [0.25, 0.3) is 5.69 Å². The first kappa shape index (κ1) is 18.6. The van der Waals surface area contributed by atoms with E-state index in [2.05, 4.69) is 10.6 Å². The number of thiophene rings is 1. The van der Waals surface area contributed by atoms with Gasteiger partial charge in [0.2, 0.25) is 5.91 Å². The van der Waals surface area contributed by atoms with Crippen molar-refractivity contribution in [3.63, 3.8) is 0 Å². The maximum Gasteiger partial charge on any atom is 0.274 e. The van der Waals surface area contributed by atoms with Gasteiger partial charge in [-0.25, -0.2) is 0 Å². The van der Waals surface area contributed by atoms with E-state index < -0.39 is 4.92 Å². The van der Waals surface area contributed by atoms with Crippen molar-refractivity contribution in [2.45, 2.75) is 13.0 Å². The molecule has 1 amide bonds. The van der Waals surface area contributed by atoms with Gasteiger partial charge in [0, 0.05) is 22.2 Å². The summed E-state index contributed by atoms with van der Waals surface area (Å²) in [5.74, 6) is -0.192. The summed E-state index contributed by atoms with van der Waals surface area (Å²) in [6.45, 7) is 1.69. The summed E-state index contributed by atoms with van der Waals surface area (Å²) in [4.78, 5) is 24.2. The highest BCUT2D eigenvalue weighted by Gasteiger charge is 2.18. The van der Waals surface area contributed by atoms with Gasteiger partial charge >= 0.3 is 0 Å². The van der Waals surface area contributed by atoms with E-state index >= 15 is 0 Å². The number of nitrogens with one attached hydrogen (secondary N) is 2. The Bertz CT molecular complexity index is 927. The molecule has 2 aromatic carbocycles. The van der Waals surface area contributed by atoms with Crippen LogP contribution >= 0.6 is 11.3 Å². The molecule has 3 rings (SSSR count). The lowest BCUT2D eigenvalue weighted by atomic mass is 10.1. The average Bonchev–Trinajstić information content (AvgIpc) is 3.20. The summed E-state index contributed by atoms with van der Waals surface area (Å²) in [5.41, 5.74) is 2.11. The van der Waals surface area contributed by atoms with Crippen LogP contribution in [0.3, 0.4) is 0 Å². The fourth-order valence-electron chi connectivity index (χ4n) is 2.82. The highest BCUT2D eigenvalue weighted by molar-refractivity contribution is 7.10. The fraction of sp³-hybridized carbons (Fsp3) is 0.150. The van der Waals surface area contributed by atoms with Crippen LogP contribution in [-0.4, -0.2) is 17.4 Å². The van der Waals surface area contributed by atoms with Crippen molar-refractivity contribution in [1.82, 2.24) is 5.32 Å². The minimum absolute atomic E-state index is 0.0245. The van der Waals surface area contributed by atoms with Crippen LogP contribution in [0, 0.1) is 17.0 Å². The van der Waals surface area contributed by atoms with Gasteiger partial charge in [0.15, 0.2) is 0 Å². The van der Waals surface area contributed by atoms with Crippen molar-refractivity contribution >= 4 is 28.6 Å². The number of nitro benzene ring substituents is 1. The van der Waals surface area contributed by atoms with E-state index in [0.29, 0.717) is 11.3 Å². The zero-order valence-electron chi connectivity index (χ0n) is 14.7. The molecule has 27 heavy (non-hydrogen) atoms. The van der Waals surface area contributed by atoms with Crippen molar-refractivity contribution in [1.29, 1.82) is 0 Å². The van der Waals surface area contributed by atoms with Crippen molar-refractivity contribution in [3.05, 3.63) is 92.2 Å². The molecule has 0 fully saturated rings. The molecule has 0 aliphatic rings. The molecule has 1 atom stereocenters. The number of benzene rings is 2. The summed E-state index contributed by atoms with van der Waals surface area (Å²) in [7, 11) is 0. The summed E-state index contributed by atoms with van der Waals surface area (Å²) < 4.78 is 0. The molecule has 138 valence electrons. The van der Waals surface area contributed by atoms with Crippen molar-refractivity contribution < 1.29 is 9.72 Å². The molecule has 2 N–H and O–H groups in total. The summed E-state index contributed by atoms with van der Waals surface area (Å²) in [6.07, 6.45) is 0. The molecule has 0 aliphatic carbocycles. The third-order valence-corrected chi connectivity index (χ3v) is 5.14. The van der Waals surface area contributed by atoms with Gasteiger partial charge in [-0.05, 0) is 30.0 Å². The minimum Gasteiger partial charge on any atom is -0.376 e. The molecule has 6 nitrogen and oxygen atoms in total. The van der Waals surface area contributed by atoms with Crippen LogP contribution in [0.2, 0.25) is 0 Å². The first-order valence-corrected chi connectivity index (χ1v) is 9.30. The molecule has 3 aromatic rings. The van der Waals surface area contributed by atoms with E-state index in [0.717, 1.165) is 10.4 Å². The molecule has 0 spiro atoms. The predicted molar refractivity (Wildman–Crippen MR) is 107 cm³/mol. The Hall–Kier alpha value is -3.19. The van der Waals surface area contributed by atoms with E-state index in [1.165, 1.54) is 6.07 Å². The standard InChI is InChI=1S/C20H19N3O3S/c1-14-16(9-5-10-17(14)23(25)26)21-13-19(24)22-20(18-11-6-12-27-18)15-7-3-2-4-8-15/h2-12,20-21H,13H2,1H3,(H,22,24)/t20-/m0/s1. The molecule has 7 heteroatoms. The predicted octanol–water partition coefficient (Wildman–Crippen LogP) is 4.28. The van der Waals surface area contributed by atoms with E-state index in [9.17, 15) is 14.9 Å². The number of carbonyl (C=O) groups is 1. The maximum atomic E-state index is 12.5. The normalized spacial score (nSPS) is 11.6. The highest BCUT2D eigenvalue weighted by atomic mass is 32.1. The minimum atomic E-state index is -0.428. The summed E-state index contributed by atoms with van der Waals surface area (Å²) in [5, 5.41) is 19.1. The second-order valence-electron chi connectivity index (χ2n) is 5.99. The summed E-state index contributed by atoms with van der Waals surface area (Å²) >= 11 is 1.58. The Morgan fingerprint density at radius 2 is 1.89 bits per heavy atom. The average molecular weight is 381 g/mol. The summed E-state index contributed by atoms with van der Waals surface area (Å²) in [6, 6.07) is 18.2. The number of hydrogen-bond donors (Lipinski definition) is 2. The highest BCUT2D eigenvalue weighted by Crippen LogP contribution is 2.27. The zero-order chi connectivity index (χ0) is 19.2. The number of anilines is 1. The molecule has 0 radical (unpaired) electrons. The SMILES string of the molecule is Cc1c(NCC(=O)N[C@@H](c2ccccc2)c2cccs2)cccc1[N+](=O)[O-]. The van der Waals surface area contributed by atoms with Crippen LogP contribution in [0.4, 0.5) is 11.4 Å². The van der Waals surface area contributed by atoms with Crippen LogP contribution < -0.4 is 10.6 Å². The largest absolute Gasteiger partial charge is 0.376 e.